The van der Waals surface area contributed by atoms with Gasteiger partial charge in [-0.05, 0) is 18.8 Å². The number of carbonyl (C=O) groups excluding carboxylic acids is 1. The number of hydrogen-bond acceptors (Lipinski definition) is 1. The topological polar surface area (TPSA) is 29.1 Å². The summed E-state index contributed by atoms with van der Waals surface area (Å²) >= 11 is 0. The fraction of sp³-hybridized carbons (Fsp3) is 0.750. The lowest BCUT2D eigenvalue weighted by Gasteiger charge is -2.10. The van der Waals surface area contributed by atoms with E-state index >= 15 is 0 Å². The molecule has 0 spiro atoms. The molecular weight excluding hydrogens is 174 g/mol. The molecule has 0 radical (unpaired) electrons. The van der Waals surface area contributed by atoms with Crippen molar-refractivity contribution in [3.8, 4) is 0 Å². The summed E-state index contributed by atoms with van der Waals surface area (Å²) in [7, 11) is 0. The second kappa shape index (κ2) is 7.60. The van der Waals surface area contributed by atoms with Crippen molar-refractivity contribution < 1.29 is 4.79 Å². The predicted molar refractivity (Wildman–Crippen MR) is 61.1 cm³/mol. The van der Waals surface area contributed by atoms with E-state index in [1.807, 2.05) is 0 Å². The summed E-state index contributed by atoms with van der Waals surface area (Å²) in [5, 5.41) is 2.86. The number of carbonyl (C=O) groups is 1. The second-order valence-corrected chi connectivity index (χ2v) is 3.91. The van der Waals surface area contributed by atoms with Gasteiger partial charge in [0.2, 0.25) is 5.91 Å². The molecule has 0 saturated carbocycles. The van der Waals surface area contributed by atoms with E-state index in [1.165, 1.54) is 5.57 Å². The maximum atomic E-state index is 11.4. The smallest absolute Gasteiger partial charge is 0.243 e. The van der Waals surface area contributed by atoms with Gasteiger partial charge in [-0.1, -0.05) is 39.7 Å². The van der Waals surface area contributed by atoms with E-state index in [2.05, 4.69) is 33.0 Å². The fourth-order valence-corrected chi connectivity index (χ4v) is 1.28. The van der Waals surface area contributed by atoms with Crippen LogP contribution in [-0.2, 0) is 4.79 Å². The van der Waals surface area contributed by atoms with E-state index in [0.717, 1.165) is 25.8 Å². The van der Waals surface area contributed by atoms with Crippen LogP contribution in [0.4, 0.5) is 0 Å². The Hall–Kier alpha value is -0.790. The van der Waals surface area contributed by atoms with Gasteiger partial charge in [0.25, 0.3) is 0 Å². The lowest BCUT2D eigenvalue weighted by Crippen LogP contribution is -2.22. The minimum atomic E-state index is 0.0593. The van der Waals surface area contributed by atoms with Crippen LogP contribution in [0.15, 0.2) is 11.6 Å². The Balaban J connectivity index is 4.18. The zero-order valence-corrected chi connectivity index (χ0v) is 9.89. The average Bonchev–Trinajstić information content (AvgIpc) is 2.14. The largest absolute Gasteiger partial charge is 0.353 e. The molecule has 0 aliphatic rings. The minimum Gasteiger partial charge on any atom is -0.353 e. The monoisotopic (exact) mass is 197 g/mol. The van der Waals surface area contributed by atoms with Crippen LogP contribution < -0.4 is 5.32 Å². The standard InChI is InChI=1S/C12H23NO/c1-5-7-11(10(3)4)9-12(14)13-8-6-2/h9-10H,5-8H2,1-4H3,(H,13,14)/b11-9-. The van der Waals surface area contributed by atoms with Crippen LogP contribution in [0.25, 0.3) is 0 Å². The van der Waals surface area contributed by atoms with Gasteiger partial charge in [-0.25, -0.2) is 0 Å². The van der Waals surface area contributed by atoms with Crippen molar-refractivity contribution in [3.05, 3.63) is 11.6 Å². The molecule has 0 aromatic rings. The van der Waals surface area contributed by atoms with Crippen LogP contribution in [0.1, 0.15) is 47.0 Å². The SMILES string of the molecule is CCCNC(=O)/C=C(/CCC)C(C)C. The summed E-state index contributed by atoms with van der Waals surface area (Å²) in [6.45, 7) is 9.23. The molecule has 1 amide bonds. The van der Waals surface area contributed by atoms with Crippen LogP contribution in [0.2, 0.25) is 0 Å². The van der Waals surface area contributed by atoms with Gasteiger partial charge in [0, 0.05) is 12.6 Å². The van der Waals surface area contributed by atoms with Crippen LogP contribution in [-0.4, -0.2) is 12.5 Å². The van der Waals surface area contributed by atoms with E-state index in [0.29, 0.717) is 5.92 Å². The fourth-order valence-electron chi connectivity index (χ4n) is 1.28. The molecule has 0 aliphatic heterocycles. The van der Waals surface area contributed by atoms with Gasteiger partial charge in [0.1, 0.15) is 0 Å². The number of nitrogens with one attached hydrogen (secondary N) is 1. The predicted octanol–water partition coefficient (Wildman–Crippen LogP) is 2.90. The molecule has 0 fully saturated rings. The molecule has 0 saturated heterocycles. The first-order chi connectivity index (χ1) is 6.61. The molecule has 0 bridgehead atoms. The third-order valence-electron chi connectivity index (χ3n) is 2.15. The zero-order valence-electron chi connectivity index (χ0n) is 9.89. The van der Waals surface area contributed by atoms with Crippen LogP contribution in [0, 0.1) is 5.92 Å². The summed E-state index contributed by atoms with van der Waals surface area (Å²) in [5.41, 5.74) is 1.25. The molecule has 2 heteroatoms. The van der Waals surface area contributed by atoms with E-state index in [-0.39, 0.29) is 5.91 Å². The lowest BCUT2D eigenvalue weighted by atomic mass is 9.98. The van der Waals surface area contributed by atoms with Crippen LogP contribution in [0.5, 0.6) is 0 Å². The van der Waals surface area contributed by atoms with Gasteiger partial charge >= 0.3 is 0 Å². The Kier molecular flexibility index (Phi) is 7.17. The summed E-state index contributed by atoms with van der Waals surface area (Å²) in [4.78, 5) is 11.4. The molecule has 0 aliphatic carbocycles. The van der Waals surface area contributed by atoms with Gasteiger partial charge in [-0.2, -0.15) is 0 Å². The highest BCUT2D eigenvalue weighted by Gasteiger charge is 2.04. The molecule has 0 rings (SSSR count). The van der Waals surface area contributed by atoms with Gasteiger partial charge in [0.05, 0.1) is 0 Å². The van der Waals surface area contributed by atoms with Crippen molar-refractivity contribution in [3.63, 3.8) is 0 Å². The minimum absolute atomic E-state index is 0.0593. The van der Waals surface area contributed by atoms with E-state index in [4.69, 9.17) is 0 Å². The highest BCUT2D eigenvalue weighted by atomic mass is 16.1. The summed E-state index contributed by atoms with van der Waals surface area (Å²) < 4.78 is 0. The van der Waals surface area contributed by atoms with Crippen molar-refractivity contribution >= 4 is 5.91 Å². The van der Waals surface area contributed by atoms with Gasteiger partial charge in [-0.3, -0.25) is 4.79 Å². The Morgan fingerprint density at radius 3 is 2.36 bits per heavy atom. The molecule has 14 heavy (non-hydrogen) atoms. The second-order valence-electron chi connectivity index (χ2n) is 3.91. The maximum Gasteiger partial charge on any atom is 0.243 e. The molecule has 0 atom stereocenters. The first-order valence-electron chi connectivity index (χ1n) is 5.60. The van der Waals surface area contributed by atoms with Crippen molar-refractivity contribution in [2.45, 2.75) is 47.0 Å². The van der Waals surface area contributed by atoms with Crippen LogP contribution >= 0.6 is 0 Å². The molecule has 0 aromatic heterocycles. The van der Waals surface area contributed by atoms with Crippen molar-refractivity contribution in [1.82, 2.24) is 5.32 Å². The van der Waals surface area contributed by atoms with Crippen LogP contribution in [0.3, 0.4) is 0 Å². The van der Waals surface area contributed by atoms with E-state index < -0.39 is 0 Å². The van der Waals surface area contributed by atoms with Gasteiger partial charge in [0.15, 0.2) is 0 Å². The highest BCUT2D eigenvalue weighted by Crippen LogP contribution is 2.15. The Morgan fingerprint density at radius 2 is 1.93 bits per heavy atom. The van der Waals surface area contributed by atoms with Crippen molar-refractivity contribution in [1.29, 1.82) is 0 Å². The Labute approximate surface area is 87.8 Å². The van der Waals surface area contributed by atoms with E-state index in [9.17, 15) is 4.79 Å². The molecular formula is C12H23NO. The molecule has 0 heterocycles. The highest BCUT2D eigenvalue weighted by molar-refractivity contribution is 5.88. The Morgan fingerprint density at radius 1 is 1.29 bits per heavy atom. The first-order valence-corrected chi connectivity index (χ1v) is 5.60. The molecule has 0 aromatic carbocycles. The quantitative estimate of drug-likeness (QED) is 0.652. The van der Waals surface area contributed by atoms with Crippen molar-refractivity contribution in [2.75, 3.05) is 6.54 Å². The molecule has 82 valence electrons. The first kappa shape index (κ1) is 13.2. The average molecular weight is 197 g/mol. The zero-order chi connectivity index (χ0) is 11.0. The maximum absolute atomic E-state index is 11.4. The number of hydrogen-bond donors (Lipinski definition) is 1. The van der Waals surface area contributed by atoms with Gasteiger partial charge in [-0.15, -0.1) is 0 Å². The third kappa shape index (κ3) is 5.79. The Bertz CT molecular complexity index is 194. The number of amides is 1. The summed E-state index contributed by atoms with van der Waals surface area (Å²) in [5.74, 6) is 0.534. The van der Waals surface area contributed by atoms with Gasteiger partial charge < -0.3 is 5.32 Å². The summed E-state index contributed by atoms with van der Waals surface area (Å²) in [6.07, 6.45) is 4.89. The summed E-state index contributed by atoms with van der Waals surface area (Å²) in [6, 6.07) is 0. The lowest BCUT2D eigenvalue weighted by molar-refractivity contribution is -0.116. The van der Waals surface area contributed by atoms with Crippen molar-refractivity contribution in [2.24, 2.45) is 5.92 Å². The normalized spacial score (nSPS) is 11.9. The van der Waals surface area contributed by atoms with E-state index in [1.54, 1.807) is 6.08 Å². The number of allylic oxidation sites excluding steroid dienone is 1. The molecule has 0 unspecified atom stereocenters. The number of rotatable bonds is 6. The third-order valence-corrected chi connectivity index (χ3v) is 2.15. The molecule has 2 nitrogen and oxygen atoms in total. The molecule has 1 N–H and O–H groups in total.